The number of unbranched alkanes of at least 4 members (excludes halogenated alkanes) is 39. The van der Waals surface area contributed by atoms with Crippen molar-refractivity contribution in [1.82, 2.24) is 0 Å². The van der Waals surface area contributed by atoms with Gasteiger partial charge in [0.2, 0.25) is 0 Å². The van der Waals surface area contributed by atoms with Crippen LogP contribution in [0.4, 0.5) is 0 Å². The monoisotopic (exact) mass is 929 g/mol. The van der Waals surface area contributed by atoms with E-state index in [9.17, 15) is 14.4 Å². The average molecular weight is 930 g/mol. The molecule has 6 heteroatoms. The molecule has 0 aliphatic carbocycles. The first-order valence-corrected chi connectivity index (χ1v) is 29.3. The van der Waals surface area contributed by atoms with Gasteiger partial charge in [-0.15, -0.1) is 0 Å². The molecule has 0 fully saturated rings. The van der Waals surface area contributed by atoms with Crippen molar-refractivity contribution in [1.29, 1.82) is 0 Å². The molecule has 0 saturated heterocycles. The van der Waals surface area contributed by atoms with Crippen LogP contribution in [0.15, 0.2) is 24.3 Å². The van der Waals surface area contributed by atoms with Gasteiger partial charge in [-0.25, -0.2) is 0 Å². The number of hydrogen-bond acceptors (Lipinski definition) is 6. The molecular weight excluding hydrogens is 817 g/mol. The van der Waals surface area contributed by atoms with Crippen LogP contribution in [0.5, 0.6) is 0 Å². The molecule has 1 atom stereocenters. The molecule has 0 bridgehead atoms. The van der Waals surface area contributed by atoms with Gasteiger partial charge in [-0.05, 0) is 51.4 Å². The maximum atomic E-state index is 12.7. The minimum absolute atomic E-state index is 0.0655. The predicted octanol–water partition coefficient (Wildman–Crippen LogP) is 19.5. The molecular formula is C60H112O6. The summed E-state index contributed by atoms with van der Waals surface area (Å²) in [5.41, 5.74) is 0. The molecule has 0 radical (unpaired) electrons. The molecule has 66 heavy (non-hydrogen) atoms. The number of hydrogen-bond donors (Lipinski definition) is 0. The summed E-state index contributed by atoms with van der Waals surface area (Å²) in [6.07, 6.45) is 65.0. The van der Waals surface area contributed by atoms with E-state index < -0.39 is 6.10 Å². The number of carbonyl (C=O) groups excluding carboxylic acids is 3. The zero-order valence-electron chi connectivity index (χ0n) is 44.5. The minimum atomic E-state index is -0.762. The van der Waals surface area contributed by atoms with E-state index in [1.165, 1.54) is 218 Å². The highest BCUT2D eigenvalue weighted by molar-refractivity contribution is 5.71. The van der Waals surface area contributed by atoms with Gasteiger partial charge in [0.05, 0.1) is 0 Å². The third-order valence-corrected chi connectivity index (χ3v) is 13.2. The van der Waals surface area contributed by atoms with E-state index >= 15 is 0 Å². The second-order valence-electron chi connectivity index (χ2n) is 19.9. The van der Waals surface area contributed by atoms with Crippen molar-refractivity contribution in [2.24, 2.45) is 0 Å². The molecule has 0 aromatic heterocycles. The maximum Gasteiger partial charge on any atom is 0.306 e. The molecule has 6 nitrogen and oxygen atoms in total. The van der Waals surface area contributed by atoms with Gasteiger partial charge in [0.25, 0.3) is 0 Å². The van der Waals surface area contributed by atoms with Crippen LogP contribution in [0.2, 0.25) is 0 Å². The van der Waals surface area contributed by atoms with Crippen LogP contribution in [0.1, 0.15) is 323 Å². The minimum Gasteiger partial charge on any atom is -0.462 e. The fourth-order valence-corrected chi connectivity index (χ4v) is 8.77. The van der Waals surface area contributed by atoms with Gasteiger partial charge < -0.3 is 14.2 Å². The van der Waals surface area contributed by atoms with Gasteiger partial charge in [-0.2, -0.15) is 0 Å². The van der Waals surface area contributed by atoms with Gasteiger partial charge in [0, 0.05) is 19.3 Å². The molecule has 0 aliphatic rings. The van der Waals surface area contributed by atoms with Crippen molar-refractivity contribution in [3.63, 3.8) is 0 Å². The summed E-state index contributed by atoms with van der Waals surface area (Å²) in [6.45, 7) is 6.62. The second-order valence-corrected chi connectivity index (χ2v) is 19.9. The van der Waals surface area contributed by atoms with Crippen molar-refractivity contribution < 1.29 is 28.6 Å². The molecule has 388 valence electrons. The van der Waals surface area contributed by atoms with Crippen molar-refractivity contribution in [2.45, 2.75) is 329 Å². The highest BCUT2D eigenvalue weighted by Gasteiger charge is 2.19. The molecule has 1 unspecified atom stereocenters. The van der Waals surface area contributed by atoms with Crippen molar-refractivity contribution >= 4 is 17.9 Å². The van der Waals surface area contributed by atoms with Crippen LogP contribution in [0.3, 0.4) is 0 Å². The third-order valence-electron chi connectivity index (χ3n) is 13.2. The topological polar surface area (TPSA) is 78.9 Å². The molecule has 0 aliphatic heterocycles. The molecule has 0 spiro atoms. The van der Waals surface area contributed by atoms with E-state index in [0.29, 0.717) is 19.3 Å². The van der Waals surface area contributed by atoms with Crippen LogP contribution in [-0.2, 0) is 28.6 Å². The quantitative estimate of drug-likeness (QED) is 0.0262. The number of ether oxygens (including phenoxy) is 3. The summed E-state index contributed by atoms with van der Waals surface area (Å²) in [5, 5.41) is 0. The standard InChI is InChI=1S/C60H112O6/c1-4-7-10-13-16-18-20-22-23-24-25-26-27-28-29-30-31-32-33-34-35-36-37-38-40-41-44-47-50-53-59(62)65-56-57(55-64-58(61)52-49-46-43-15-12-9-6-3)66-60(63)54-51-48-45-42-39-21-19-17-14-11-8-5-2/h20,22,24-25,57H,4-19,21,23,26-56H2,1-3H3/b22-20-,25-24-. The zero-order valence-corrected chi connectivity index (χ0v) is 44.5. The third kappa shape index (κ3) is 52.9. The van der Waals surface area contributed by atoms with Gasteiger partial charge in [0.15, 0.2) is 6.10 Å². The number of rotatable bonds is 54. The first-order chi connectivity index (χ1) is 32.5. The van der Waals surface area contributed by atoms with E-state index in [4.69, 9.17) is 14.2 Å². The summed E-state index contributed by atoms with van der Waals surface area (Å²) in [5.74, 6) is -0.855. The van der Waals surface area contributed by atoms with E-state index in [1.54, 1.807) is 0 Å². The highest BCUT2D eigenvalue weighted by Crippen LogP contribution is 2.17. The summed E-state index contributed by atoms with van der Waals surface area (Å²) in [7, 11) is 0. The Balaban J connectivity index is 3.98. The Morgan fingerprint density at radius 3 is 0.833 bits per heavy atom. The summed E-state index contributed by atoms with van der Waals surface area (Å²) in [6, 6.07) is 0. The van der Waals surface area contributed by atoms with E-state index in [-0.39, 0.29) is 31.1 Å². The van der Waals surface area contributed by atoms with Gasteiger partial charge in [-0.1, -0.05) is 276 Å². The smallest absolute Gasteiger partial charge is 0.306 e. The largest absolute Gasteiger partial charge is 0.462 e. The number of esters is 3. The lowest BCUT2D eigenvalue weighted by Crippen LogP contribution is -2.30. The summed E-state index contributed by atoms with van der Waals surface area (Å²) < 4.78 is 16.8. The highest BCUT2D eigenvalue weighted by atomic mass is 16.6. The lowest BCUT2D eigenvalue weighted by molar-refractivity contribution is -0.167. The molecule has 0 amide bonds. The fraction of sp³-hybridized carbons (Fsp3) is 0.883. The van der Waals surface area contributed by atoms with Crippen LogP contribution in [0.25, 0.3) is 0 Å². The first kappa shape index (κ1) is 63.9. The van der Waals surface area contributed by atoms with Crippen molar-refractivity contribution in [3.8, 4) is 0 Å². The molecule has 0 N–H and O–H groups in total. The first-order valence-electron chi connectivity index (χ1n) is 29.3. The van der Waals surface area contributed by atoms with Crippen LogP contribution < -0.4 is 0 Å². The Bertz CT molecular complexity index is 1070. The Kier molecular flexibility index (Phi) is 53.7. The Morgan fingerprint density at radius 2 is 0.545 bits per heavy atom. The normalized spacial score (nSPS) is 12.1. The predicted molar refractivity (Wildman–Crippen MR) is 284 cm³/mol. The second kappa shape index (κ2) is 55.5. The Labute approximate surface area is 411 Å². The van der Waals surface area contributed by atoms with Gasteiger partial charge >= 0.3 is 17.9 Å². The Hall–Kier alpha value is -2.11. The lowest BCUT2D eigenvalue weighted by Gasteiger charge is -2.18. The van der Waals surface area contributed by atoms with E-state index in [2.05, 4.69) is 45.1 Å². The molecule has 0 heterocycles. The molecule has 0 saturated carbocycles. The average Bonchev–Trinajstić information content (AvgIpc) is 3.31. The SMILES string of the molecule is CCCCCCC/C=C\C/C=C\CCCCCCCCCCCCCCCCCCCC(=O)OCC(COC(=O)CCCCCCCCC)OC(=O)CCCCCCCCCCCCCC. The van der Waals surface area contributed by atoms with E-state index in [1.807, 2.05) is 0 Å². The van der Waals surface area contributed by atoms with E-state index in [0.717, 1.165) is 64.2 Å². The van der Waals surface area contributed by atoms with Crippen LogP contribution >= 0.6 is 0 Å². The Morgan fingerprint density at radius 1 is 0.303 bits per heavy atom. The van der Waals surface area contributed by atoms with Crippen LogP contribution in [0, 0.1) is 0 Å². The van der Waals surface area contributed by atoms with Gasteiger partial charge in [0.1, 0.15) is 13.2 Å². The van der Waals surface area contributed by atoms with Crippen molar-refractivity contribution in [3.05, 3.63) is 24.3 Å². The lowest BCUT2D eigenvalue weighted by atomic mass is 10.0. The fourth-order valence-electron chi connectivity index (χ4n) is 8.77. The number of carbonyl (C=O) groups is 3. The zero-order chi connectivity index (χ0) is 47.9. The van der Waals surface area contributed by atoms with Crippen molar-refractivity contribution in [2.75, 3.05) is 13.2 Å². The molecule has 0 rings (SSSR count). The maximum absolute atomic E-state index is 12.7. The van der Waals surface area contributed by atoms with Gasteiger partial charge in [-0.3, -0.25) is 14.4 Å². The summed E-state index contributed by atoms with van der Waals surface area (Å²) >= 11 is 0. The summed E-state index contributed by atoms with van der Waals surface area (Å²) in [4.78, 5) is 37.8. The van der Waals surface area contributed by atoms with Crippen LogP contribution in [-0.4, -0.2) is 37.2 Å². The molecule has 0 aromatic carbocycles. The number of allylic oxidation sites excluding steroid dienone is 4. The molecule has 0 aromatic rings.